The molecule has 1 aliphatic rings. The number of piperazine rings is 1. The molecule has 0 aromatic heterocycles. The highest BCUT2D eigenvalue weighted by molar-refractivity contribution is 4.81. The Morgan fingerprint density at radius 2 is 2.00 bits per heavy atom. The lowest BCUT2D eigenvalue weighted by Crippen LogP contribution is -2.51. The quantitative estimate of drug-likeness (QED) is 0.769. The lowest BCUT2D eigenvalue weighted by atomic mass is 9.94. The number of likely N-dealkylation sites (N-methyl/N-ethyl adjacent to an activating group) is 2. The van der Waals surface area contributed by atoms with E-state index in [9.17, 15) is 5.11 Å². The van der Waals surface area contributed by atoms with E-state index in [-0.39, 0.29) is 6.10 Å². The van der Waals surface area contributed by atoms with Gasteiger partial charge in [0.15, 0.2) is 0 Å². The maximum Gasteiger partial charge on any atom is 0.0558 e. The van der Waals surface area contributed by atoms with Crippen LogP contribution in [0.2, 0.25) is 0 Å². The van der Waals surface area contributed by atoms with Gasteiger partial charge in [-0.3, -0.25) is 0 Å². The van der Waals surface area contributed by atoms with E-state index in [1.807, 2.05) is 0 Å². The molecule has 3 nitrogen and oxygen atoms in total. The Kier molecular flexibility index (Phi) is 6.45. The van der Waals surface area contributed by atoms with Crippen LogP contribution >= 0.6 is 0 Å². The lowest BCUT2D eigenvalue weighted by molar-refractivity contribution is 0.0539. The van der Waals surface area contributed by atoms with E-state index in [0.29, 0.717) is 12.0 Å². The average Bonchev–Trinajstić information content (AvgIpc) is 2.23. The summed E-state index contributed by atoms with van der Waals surface area (Å²) < 4.78 is 0. The van der Waals surface area contributed by atoms with Crippen LogP contribution in [-0.2, 0) is 0 Å². The minimum Gasteiger partial charge on any atom is -0.393 e. The summed E-state index contributed by atoms with van der Waals surface area (Å²) in [5.41, 5.74) is 0. The zero-order valence-corrected chi connectivity index (χ0v) is 12.0. The van der Waals surface area contributed by atoms with Crippen LogP contribution in [0.5, 0.6) is 0 Å². The SMILES string of the molecule is CCCC(C)CC(O)CC1CN(C)CCN1C. The highest BCUT2D eigenvalue weighted by atomic mass is 16.3. The van der Waals surface area contributed by atoms with E-state index in [4.69, 9.17) is 0 Å². The molecule has 0 saturated carbocycles. The lowest BCUT2D eigenvalue weighted by Gasteiger charge is -2.38. The van der Waals surface area contributed by atoms with E-state index in [1.165, 1.54) is 12.8 Å². The fraction of sp³-hybridized carbons (Fsp3) is 1.00. The van der Waals surface area contributed by atoms with Crippen molar-refractivity contribution < 1.29 is 5.11 Å². The Morgan fingerprint density at radius 3 is 2.65 bits per heavy atom. The number of hydrogen-bond donors (Lipinski definition) is 1. The Morgan fingerprint density at radius 1 is 1.29 bits per heavy atom. The molecule has 1 aliphatic heterocycles. The minimum atomic E-state index is -0.129. The Hall–Kier alpha value is -0.120. The molecule has 1 heterocycles. The van der Waals surface area contributed by atoms with Crippen molar-refractivity contribution in [1.82, 2.24) is 9.80 Å². The summed E-state index contributed by atoms with van der Waals surface area (Å²) in [4.78, 5) is 4.76. The molecule has 1 saturated heterocycles. The molecule has 0 radical (unpaired) electrons. The summed E-state index contributed by atoms with van der Waals surface area (Å²) in [5, 5.41) is 10.2. The van der Waals surface area contributed by atoms with Gasteiger partial charge in [-0.05, 0) is 32.9 Å². The molecule has 0 aromatic rings. The fourth-order valence-corrected chi connectivity index (χ4v) is 2.84. The minimum absolute atomic E-state index is 0.129. The molecule has 17 heavy (non-hydrogen) atoms. The second kappa shape index (κ2) is 7.34. The van der Waals surface area contributed by atoms with Gasteiger partial charge in [0.25, 0.3) is 0 Å². The van der Waals surface area contributed by atoms with Crippen molar-refractivity contribution in [2.75, 3.05) is 33.7 Å². The summed E-state index contributed by atoms with van der Waals surface area (Å²) in [6, 6.07) is 0.526. The van der Waals surface area contributed by atoms with Gasteiger partial charge in [-0.2, -0.15) is 0 Å². The summed E-state index contributed by atoms with van der Waals surface area (Å²) >= 11 is 0. The molecule has 0 aromatic carbocycles. The van der Waals surface area contributed by atoms with Gasteiger partial charge in [0.2, 0.25) is 0 Å². The molecule has 0 aliphatic carbocycles. The first-order chi connectivity index (χ1) is 8.02. The molecule has 0 spiro atoms. The van der Waals surface area contributed by atoms with Gasteiger partial charge in [0.1, 0.15) is 0 Å². The van der Waals surface area contributed by atoms with Crippen LogP contribution in [0.15, 0.2) is 0 Å². The fourth-order valence-electron chi connectivity index (χ4n) is 2.84. The number of nitrogens with zero attached hydrogens (tertiary/aromatic N) is 2. The van der Waals surface area contributed by atoms with Crippen LogP contribution in [0, 0.1) is 5.92 Å². The summed E-state index contributed by atoms with van der Waals surface area (Å²) in [5.74, 6) is 0.654. The smallest absolute Gasteiger partial charge is 0.0558 e. The highest BCUT2D eigenvalue weighted by Gasteiger charge is 2.24. The molecule has 1 N–H and O–H groups in total. The van der Waals surface area contributed by atoms with Crippen LogP contribution in [-0.4, -0.2) is 60.8 Å². The first-order valence-electron chi connectivity index (χ1n) is 7.09. The number of aliphatic hydroxyl groups is 1. The van der Waals surface area contributed by atoms with Crippen LogP contribution < -0.4 is 0 Å². The van der Waals surface area contributed by atoms with E-state index in [0.717, 1.165) is 32.5 Å². The van der Waals surface area contributed by atoms with Gasteiger partial charge in [-0.15, -0.1) is 0 Å². The van der Waals surface area contributed by atoms with Crippen molar-refractivity contribution in [3.8, 4) is 0 Å². The van der Waals surface area contributed by atoms with Crippen molar-refractivity contribution in [2.45, 2.75) is 51.7 Å². The summed E-state index contributed by atoms with van der Waals surface area (Å²) in [6.07, 6.45) is 4.21. The summed E-state index contributed by atoms with van der Waals surface area (Å²) in [7, 11) is 4.35. The topological polar surface area (TPSA) is 26.7 Å². The monoisotopic (exact) mass is 242 g/mol. The number of aliphatic hydroxyl groups excluding tert-OH is 1. The second-order valence-corrected chi connectivity index (χ2v) is 5.92. The van der Waals surface area contributed by atoms with E-state index >= 15 is 0 Å². The number of hydrogen-bond acceptors (Lipinski definition) is 3. The maximum atomic E-state index is 10.2. The van der Waals surface area contributed by atoms with Crippen molar-refractivity contribution >= 4 is 0 Å². The van der Waals surface area contributed by atoms with E-state index in [2.05, 4.69) is 37.7 Å². The van der Waals surface area contributed by atoms with Gasteiger partial charge in [-0.1, -0.05) is 26.7 Å². The first kappa shape index (κ1) is 14.9. The van der Waals surface area contributed by atoms with Gasteiger partial charge >= 0.3 is 0 Å². The van der Waals surface area contributed by atoms with Crippen molar-refractivity contribution in [3.63, 3.8) is 0 Å². The normalized spacial score (nSPS) is 27.0. The number of rotatable bonds is 6. The predicted octanol–water partition coefficient (Wildman–Crippen LogP) is 1.81. The highest BCUT2D eigenvalue weighted by Crippen LogP contribution is 2.18. The van der Waals surface area contributed by atoms with Gasteiger partial charge in [-0.25, -0.2) is 0 Å². The standard InChI is InChI=1S/C14H30N2O/c1-5-6-12(2)9-14(17)10-13-11-15(3)7-8-16(13)4/h12-14,17H,5-11H2,1-4H3. The van der Waals surface area contributed by atoms with Gasteiger partial charge in [0.05, 0.1) is 6.10 Å². The van der Waals surface area contributed by atoms with Crippen LogP contribution in [0.1, 0.15) is 39.5 Å². The second-order valence-electron chi connectivity index (χ2n) is 5.92. The Bertz CT molecular complexity index is 210. The van der Waals surface area contributed by atoms with E-state index in [1.54, 1.807) is 0 Å². The van der Waals surface area contributed by atoms with Crippen LogP contribution in [0.4, 0.5) is 0 Å². The molecule has 0 bridgehead atoms. The third-order valence-corrected chi connectivity index (χ3v) is 3.98. The molecular weight excluding hydrogens is 212 g/mol. The molecular formula is C14H30N2O. The molecule has 102 valence electrons. The molecule has 1 rings (SSSR count). The molecule has 3 heteroatoms. The Balaban J connectivity index is 2.31. The van der Waals surface area contributed by atoms with Gasteiger partial charge < -0.3 is 14.9 Å². The van der Waals surface area contributed by atoms with Crippen molar-refractivity contribution in [3.05, 3.63) is 0 Å². The van der Waals surface area contributed by atoms with Crippen LogP contribution in [0.25, 0.3) is 0 Å². The van der Waals surface area contributed by atoms with Crippen molar-refractivity contribution in [1.29, 1.82) is 0 Å². The zero-order chi connectivity index (χ0) is 12.8. The summed E-state index contributed by atoms with van der Waals surface area (Å²) in [6.45, 7) is 7.83. The largest absolute Gasteiger partial charge is 0.393 e. The average molecular weight is 242 g/mol. The zero-order valence-electron chi connectivity index (χ0n) is 12.0. The van der Waals surface area contributed by atoms with Crippen molar-refractivity contribution in [2.24, 2.45) is 5.92 Å². The van der Waals surface area contributed by atoms with Gasteiger partial charge in [0, 0.05) is 25.7 Å². The first-order valence-corrected chi connectivity index (χ1v) is 7.09. The maximum absolute atomic E-state index is 10.2. The van der Waals surface area contributed by atoms with Crippen LogP contribution in [0.3, 0.4) is 0 Å². The molecule has 0 amide bonds. The third-order valence-electron chi connectivity index (χ3n) is 3.98. The molecule has 3 unspecified atom stereocenters. The Labute approximate surface area is 107 Å². The predicted molar refractivity (Wildman–Crippen MR) is 73.2 cm³/mol. The molecule has 1 fully saturated rings. The molecule has 3 atom stereocenters. The van der Waals surface area contributed by atoms with E-state index < -0.39 is 0 Å². The third kappa shape index (κ3) is 5.36.